The molecule has 1 fully saturated rings. The Bertz CT molecular complexity index is 1330. The Balaban J connectivity index is 1.58. The first kappa shape index (κ1) is 27.2. The Morgan fingerprint density at radius 3 is 2.35 bits per heavy atom. The molecule has 0 saturated carbocycles. The number of para-hydroxylation sites is 2. The number of anilines is 2. The van der Waals surface area contributed by atoms with Gasteiger partial charge in [-0.15, -0.1) is 11.8 Å². The maximum absolute atomic E-state index is 13.8. The van der Waals surface area contributed by atoms with Gasteiger partial charge in [-0.05, 0) is 67.8 Å². The Morgan fingerprint density at radius 1 is 1.00 bits per heavy atom. The van der Waals surface area contributed by atoms with Gasteiger partial charge in [0.05, 0.1) is 17.2 Å². The van der Waals surface area contributed by atoms with Crippen molar-refractivity contribution in [3.05, 3.63) is 77.8 Å². The molecule has 1 saturated heterocycles. The van der Waals surface area contributed by atoms with E-state index in [1.54, 1.807) is 53.4 Å². The molecule has 1 aliphatic rings. The first-order valence-corrected chi connectivity index (χ1v) is 15.0. The van der Waals surface area contributed by atoms with Gasteiger partial charge in [-0.2, -0.15) is 0 Å². The topological polar surface area (TPSA) is 70.2 Å². The van der Waals surface area contributed by atoms with Gasteiger partial charge in [0.25, 0.3) is 10.0 Å². The van der Waals surface area contributed by atoms with Crippen molar-refractivity contribution in [2.45, 2.75) is 16.7 Å². The third-order valence-corrected chi connectivity index (χ3v) is 8.92. The van der Waals surface area contributed by atoms with E-state index < -0.39 is 10.0 Å². The predicted molar refractivity (Wildman–Crippen MR) is 151 cm³/mol. The second-order valence-electron chi connectivity index (χ2n) is 8.44. The molecule has 196 valence electrons. The molecule has 0 atom stereocenters. The zero-order valence-electron chi connectivity index (χ0n) is 20.8. The summed E-state index contributed by atoms with van der Waals surface area (Å²) in [6.45, 7) is 4.10. The van der Waals surface area contributed by atoms with Gasteiger partial charge in [0.1, 0.15) is 12.3 Å². The monoisotopic (exact) mass is 559 g/mol. The minimum absolute atomic E-state index is 0.121. The second kappa shape index (κ2) is 12.1. The lowest BCUT2D eigenvalue weighted by Crippen LogP contribution is -2.52. The lowest BCUT2D eigenvalue weighted by molar-refractivity contribution is -0.129. The van der Waals surface area contributed by atoms with E-state index in [2.05, 4.69) is 4.90 Å². The van der Waals surface area contributed by atoms with E-state index in [9.17, 15) is 13.2 Å². The highest BCUT2D eigenvalue weighted by Crippen LogP contribution is 2.33. The van der Waals surface area contributed by atoms with Crippen molar-refractivity contribution >= 4 is 50.7 Å². The van der Waals surface area contributed by atoms with E-state index in [0.717, 1.165) is 14.9 Å². The van der Waals surface area contributed by atoms with Crippen LogP contribution in [0.15, 0.2) is 82.6 Å². The second-order valence-corrected chi connectivity index (χ2v) is 11.6. The van der Waals surface area contributed by atoms with E-state index in [4.69, 9.17) is 16.3 Å². The maximum atomic E-state index is 13.8. The van der Waals surface area contributed by atoms with Crippen LogP contribution in [0.3, 0.4) is 0 Å². The number of thioether (sulfide) groups is 1. The molecular weight excluding hydrogens is 530 g/mol. The molecule has 0 aromatic heterocycles. The van der Waals surface area contributed by atoms with Gasteiger partial charge in [0.2, 0.25) is 5.91 Å². The average molecular weight is 560 g/mol. The number of halogens is 1. The first-order valence-electron chi connectivity index (χ1n) is 12.0. The van der Waals surface area contributed by atoms with E-state index in [1.165, 1.54) is 11.8 Å². The van der Waals surface area contributed by atoms with Crippen LogP contribution < -0.4 is 13.9 Å². The number of hydrogen-bond donors (Lipinski definition) is 0. The normalized spacial score (nSPS) is 13.9. The van der Waals surface area contributed by atoms with Crippen LogP contribution in [0.4, 0.5) is 11.4 Å². The van der Waals surface area contributed by atoms with E-state index in [1.807, 2.05) is 37.4 Å². The van der Waals surface area contributed by atoms with Crippen molar-refractivity contribution in [1.82, 2.24) is 4.90 Å². The van der Waals surface area contributed by atoms with Crippen LogP contribution in [0.25, 0.3) is 0 Å². The number of amides is 1. The number of carbonyl (C=O) groups is 1. The standard InChI is InChI=1S/C27H30ClN3O4S2/c1-3-35-26-10-5-4-9-25(26)31(37(33,34)24-13-11-23(36-2)12-14-24)20-27(32)30-17-15-29(16-18-30)22-8-6-7-21(28)19-22/h4-14,19H,3,15-18,20H2,1-2H3. The van der Waals surface area contributed by atoms with Crippen molar-refractivity contribution in [2.24, 2.45) is 0 Å². The van der Waals surface area contributed by atoms with E-state index in [-0.39, 0.29) is 17.3 Å². The van der Waals surface area contributed by atoms with Crippen LogP contribution >= 0.6 is 23.4 Å². The quantitative estimate of drug-likeness (QED) is 0.343. The molecule has 4 rings (SSSR count). The van der Waals surface area contributed by atoms with Crippen molar-refractivity contribution in [2.75, 3.05) is 54.8 Å². The molecule has 0 unspecified atom stereocenters. The van der Waals surface area contributed by atoms with Crippen molar-refractivity contribution in [3.63, 3.8) is 0 Å². The highest BCUT2D eigenvalue weighted by atomic mass is 35.5. The molecule has 0 bridgehead atoms. The Kier molecular flexibility index (Phi) is 8.89. The van der Waals surface area contributed by atoms with E-state index in [0.29, 0.717) is 49.2 Å². The smallest absolute Gasteiger partial charge is 0.264 e. The molecule has 3 aromatic carbocycles. The zero-order chi connectivity index (χ0) is 26.4. The van der Waals surface area contributed by atoms with Crippen LogP contribution in [-0.2, 0) is 14.8 Å². The minimum atomic E-state index is -4.04. The van der Waals surface area contributed by atoms with Crippen LogP contribution in [0.2, 0.25) is 5.02 Å². The molecule has 37 heavy (non-hydrogen) atoms. The van der Waals surface area contributed by atoms with Gasteiger partial charge in [0.15, 0.2) is 0 Å². The van der Waals surface area contributed by atoms with Gasteiger partial charge in [-0.1, -0.05) is 29.8 Å². The number of benzene rings is 3. The van der Waals surface area contributed by atoms with Gasteiger partial charge in [-0.3, -0.25) is 9.10 Å². The number of nitrogens with zero attached hydrogens (tertiary/aromatic N) is 3. The fraction of sp³-hybridized carbons (Fsp3) is 0.296. The van der Waals surface area contributed by atoms with Gasteiger partial charge in [-0.25, -0.2) is 8.42 Å². The molecule has 0 spiro atoms. The molecule has 0 aliphatic carbocycles. The lowest BCUT2D eigenvalue weighted by Gasteiger charge is -2.37. The summed E-state index contributed by atoms with van der Waals surface area (Å²) >= 11 is 7.67. The molecule has 7 nitrogen and oxygen atoms in total. The molecular formula is C27H30ClN3O4S2. The summed E-state index contributed by atoms with van der Waals surface area (Å²) in [4.78, 5) is 18.4. The highest BCUT2D eigenvalue weighted by molar-refractivity contribution is 7.98. The van der Waals surface area contributed by atoms with Gasteiger partial charge >= 0.3 is 0 Å². The fourth-order valence-corrected chi connectivity index (χ4v) is 6.24. The summed E-state index contributed by atoms with van der Waals surface area (Å²) in [5, 5.41) is 0.662. The Morgan fingerprint density at radius 2 is 1.70 bits per heavy atom. The van der Waals surface area contributed by atoms with Crippen LogP contribution in [-0.4, -0.2) is 64.8 Å². The summed E-state index contributed by atoms with van der Waals surface area (Å²) < 4.78 is 34.6. The first-order chi connectivity index (χ1) is 17.8. The van der Waals surface area contributed by atoms with E-state index >= 15 is 0 Å². The summed E-state index contributed by atoms with van der Waals surface area (Å²) in [6, 6.07) is 21.2. The van der Waals surface area contributed by atoms with Gasteiger partial charge in [0, 0.05) is 41.8 Å². The molecule has 10 heteroatoms. The third-order valence-electron chi connectivity index (χ3n) is 6.17. The number of rotatable bonds is 9. The SMILES string of the molecule is CCOc1ccccc1N(CC(=O)N1CCN(c2cccc(Cl)c2)CC1)S(=O)(=O)c1ccc(SC)cc1. The number of ether oxygens (including phenoxy) is 1. The predicted octanol–water partition coefficient (Wildman–Crippen LogP) is 5.00. The lowest BCUT2D eigenvalue weighted by atomic mass is 10.2. The summed E-state index contributed by atoms with van der Waals surface area (Å²) in [5.41, 5.74) is 1.34. The number of piperazine rings is 1. The third kappa shape index (κ3) is 6.34. The molecule has 0 N–H and O–H groups in total. The average Bonchev–Trinajstić information content (AvgIpc) is 2.92. The number of hydrogen-bond acceptors (Lipinski definition) is 6. The van der Waals surface area contributed by atoms with Crippen LogP contribution in [0.1, 0.15) is 6.92 Å². The van der Waals surface area contributed by atoms with Crippen LogP contribution in [0.5, 0.6) is 5.75 Å². The molecule has 3 aromatic rings. The Hall–Kier alpha value is -2.88. The minimum Gasteiger partial charge on any atom is -0.492 e. The van der Waals surface area contributed by atoms with Crippen molar-refractivity contribution in [3.8, 4) is 5.75 Å². The molecule has 0 radical (unpaired) electrons. The van der Waals surface area contributed by atoms with Crippen molar-refractivity contribution < 1.29 is 17.9 Å². The zero-order valence-corrected chi connectivity index (χ0v) is 23.2. The number of carbonyl (C=O) groups excluding carboxylic acids is 1. The summed E-state index contributed by atoms with van der Waals surface area (Å²) in [7, 11) is -4.04. The van der Waals surface area contributed by atoms with Crippen LogP contribution in [0, 0.1) is 0 Å². The van der Waals surface area contributed by atoms with Gasteiger partial charge < -0.3 is 14.5 Å². The largest absolute Gasteiger partial charge is 0.492 e. The molecule has 1 heterocycles. The van der Waals surface area contributed by atoms with Crippen molar-refractivity contribution in [1.29, 1.82) is 0 Å². The molecule has 1 aliphatic heterocycles. The molecule has 1 amide bonds. The summed E-state index contributed by atoms with van der Waals surface area (Å²) in [5.74, 6) is 0.147. The summed E-state index contributed by atoms with van der Waals surface area (Å²) in [6.07, 6.45) is 1.93. The fourth-order valence-electron chi connectivity index (χ4n) is 4.23. The highest BCUT2D eigenvalue weighted by Gasteiger charge is 2.32. The maximum Gasteiger partial charge on any atom is 0.264 e. The Labute approximate surface area is 228 Å². The number of sulfonamides is 1.